The lowest BCUT2D eigenvalue weighted by molar-refractivity contribution is -0.144. The Morgan fingerprint density at radius 3 is 1.52 bits per heavy atom. The number of rotatable bonds is 9. The number of aliphatic carboxylic acids is 4. The van der Waals surface area contributed by atoms with Crippen LogP contribution in [0.15, 0.2) is 0 Å². The van der Waals surface area contributed by atoms with Crippen LogP contribution >= 0.6 is 0 Å². The number of hydrogen-bond donors (Lipinski definition) is 6. The van der Waals surface area contributed by atoms with Crippen molar-refractivity contribution in [1.82, 2.24) is 0 Å². The number of carboxylic acid groups (broad SMARTS) is 4. The minimum atomic E-state index is -1.29. The molecule has 10 nitrogen and oxygen atoms in total. The molecule has 0 saturated carbocycles. The average Bonchev–Trinajstić information content (AvgIpc) is 2.33. The number of carbonyl (C=O) groups is 4. The molecule has 2 atom stereocenters. The molecule has 122 valence electrons. The fourth-order valence-corrected chi connectivity index (χ4v) is 1.04. The number of hydrogen-bond acceptors (Lipinski definition) is 6. The van der Waals surface area contributed by atoms with Crippen LogP contribution in [0.25, 0.3) is 0 Å². The van der Waals surface area contributed by atoms with E-state index in [0.717, 1.165) is 0 Å². The summed E-state index contributed by atoms with van der Waals surface area (Å²) in [6, 6.07) is -2.15. The van der Waals surface area contributed by atoms with Crippen LogP contribution in [0.3, 0.4) is 0 Å². The summed E-state index contributed by atoms with van der Waals surface area (Å²) in [4.78, 5) is 39.8. The van der Waals surface area contributed by atoms with Crippen molar-refractivity contribution in [2.45, 2.75) is 44.2 Å². The standard InChI is InChI=1S/C7H13NO4.C4H7NO4/c8-5(7(11)12)3-1-2-4-6(9)10;5-2(4(8)9)1-3(6)7/h5H,1-4,8H2,(H,9,10)(H,11,12);2H,1,5H2,(H,6,7)(H,8,9)/t;2-/m.0/s1. The largest absolute Gasteiger partial charge is 0.481 e. The third kappa shape index (κ3) is 15.7. The Morgan fingerprint density at radius 2 is 1.24 bits per heavy atom. The van der Waals surface area contributed by atoms with Gasteiger partial charge in [-0.15, -0.1) is 0 Å². The highest BCUT2D eigenvalue weighted by molar-refractivity contribution is 5.80. The quantitative estimate of drug-likeness (QED) is 0.284. The van der Waals surface area contributed by atoms with Gasteiger partial charge in [-0.25, -0.2) is 0 Å². The topological polar surface area (TPSA) is 201 Å². The van der Waals surface area contributed by atoms with Crippen LogP contribution in [0.4, 0.5) is 0 Å². The van der Waals surface area contributed by atoms with Gasteiger partial charge in [0.05, 0.1) is 6.42 Å². The van der Waals surface area contributed by atoms with E-state index < -0.39 is 42.4 Å². The highest BCUT2D eigenvalue weighted by Crippen LogP contribution is 2.02. The van der Waals surface area contributed by atoms with Crippen LogP contribution < -0.4 is 11.5 Å². The molecular weight excluding hydrogens is 288 g/mol. The molecule has 0 bridgehead atoms. The minimum absolute atomic E-state index is 0.0757. The van der Waals surface area contributed by atoms with E-state index in [4.69, 9.17) is 31.9 Å². The van der Waals surface area contributed by atoms with E-state index in [2.05, 4.69) is 0 Å². The molecule has 0 aromatic rings. The summed E-state index contributed by atoms with van der Waals surface area (Å²) in [6.07, 6.45) is 0.903. The third-order valence-electron chi connectivity index (χ3n) is 2.18. The molecule has 8 N–H and O–H groups in total. The summed E-state index contributed by atoms with van der Waals surface area (Å²) in [5.41, 5.74) is 10.0. The van der Waals surface area contributed by atoms with Crippen molar-refractivity contribution >= 4 is 23.9 Å². The van der Waals surface area contributed by atoms with Crippen LogP contribution in [-0.4, -0.2) is 56.4 Å². The van der Waals surface area contributed by atoms with Gasteiger partial charge in [0.2, 0.25) is 0 Å². The molecule has 0 aromatic heterocycles. The van der Waals surface area contributed by atoms with Gasteiger partial charge in [0.25, 0.3) is 0 Å². The predicted octanol–water partition coefficient (Wildman–Crippen LogP) is -1.08. The second-order valence-electron chi connectivity index (χ2n) is 4.13. The molecule has 0 amide bonds. The average molecular weight is 308 g/mol. The van der Waals surface area contributed by atoms with Crippen molar-refractivity contribution < 1.29 is 39.6 Å². The van der Waals surface area contributed by atoms with Crippen molar-refractivity contribution in [2.75, 3.05) is 0 Å². The monoisotopic (exact) mass is 308 g/mol. The lowest BCUT2D eigenvalue weighted by Gasteiger charge is -2.03. The molecular formula is C11H20N2O8. The fraction of sp³-hybridized carbons (Fsp3) is 0.636. The van der Waals surface area contributed by atoms with Crippen LogP contribution in [0.2, 0.25) is 0 Å². The molecule has 0 rings (SSSR count). The highest BCUT2D eigenvalue weighted by atomic mass is 16.4. The normalized spacial score (nSPS) is 12.5. The molecule has 0 radical (unpaired) electrons. The van der Waals surface area contributed by atoms with Gasteiger partial charge in [0.1, 0.15) is 12.1 Å². The molecule has 0 aliphatic carbocycles. The molecule has 1 unspecified atom stereocenters. The molecule has 0 aromatic carbocycles. The van der Waals surface area contributed by atoms with Gasteiger partial charge in [-0.3, -0.25) is 19.2 Å². The zero-order chi connectivity index (χ0) is 17.0. The SMILES string of the molecule is NC(CCCCC(=O)O)C(=O)O.N[C@@H](CC(=O)O)C(=O)O. The van der Waals surface area contributed by atoms with Crippen molar-refractivity contribution in [3.63, 3.8) is 0 Å². The Balaban J connectivity index is 0. The van der Waals surface area contributed by atoms with E-state index in [1.165, 1.54) is 0 Å². The third-order valence-corrected chi connectivity index (χ3v) is 2.18. The van der Waals surface area contributed by atoms with E-state index >= 15 is 0 Å². The molecule has 0 spiro atoms. The fourth-order valence-electron chi connectivity index (χ4n) is 1.04. The predicted molar refractivity (Wildman–Crippen MR) is 69.6 cm³/mol. The molecule has 0 fully saturated rings. The maximum absolute atomic E-state index is 10.2. The second-order valence-corrected chi connectivity index (χ2v) is 4.13. The zero-order valence-electron chi connectivity index (χ0n) is 11.3. The van der Waals surface area contributed by atoms with Crippen LogP contribution in [0.5, 0.6) is 0 Å². The van der Waals surface area contributed by atoms with E-state index in [-0.39, 0.29) is 6.42 Å². The Hall–Kier alpha value is -2.20. The first-order chi connectivity index (χ1) is 9.57. The number of carboxylic acids is 4. The number of unbranched alkanes of at least 4 members (excludes halogenated alkanes) is 1. The van der Waals surface area contributed by atoms with Crippen molar-refractivity contribution in [3.05, 3.63) is 0 Å². The molecule has 0 saturated heterocycles. The summed E-state index contributed by atoms with van der Waals surface area (Å²) < 4.78 is 0. The van der Waals surface area contributed by atoms with Crippen molar-refractivity contribution in [3.8, 4) is 0 Å². The minimum Gasteiger partial charge on any atom is -0.481 e. The second kappa shape index (κ2) is 11.6. The lowest BCUT2D eigenvalue weighted by atomic mass is 10.1. The molecule has 21 heavy (non-hydrogen) atoms. The highest BCUT2D eigenvalue weighted by Gasteiger charge is 2.14. The summed E-state index contributed by atoms with van der Waals surface area (Å²) in [7, 11) is 0. The first-order valence-electron chi connectivity index (χ1n) is 5.98. The van der Waals surface area contributed by atoms with Gasteiger partial charge >= 0.3 is 23.9 Å². The smallest absolute Gasteiger partial charge is 0.321 e. The van der Waals surface area contributed by atoms with Crippen molar-refractivity contribution in [2.24, 2.45) is 11.5 Å². The zero-order valence-corrected chi connectivity index (χ0v) is 11.3. The summed E-state index contributed by atoms with van der Waals surface area (Å²) >= 11 is 0. The maximum atomic E-state index is 10.2. The van der Waals surface area contributed by atoms with Gasteiger partial charge in [0.15, 0.2) is 0 Å². The Bertz CT molecular complexity index is 371. The Labute approximate surface area is 120 Å². The van der Waals surface area contributed by atoms with Gasteiger partial charge in [-0.2, -0.15) is 0 Å². The summed E-state index contributed by atoms with van der Waals surface area (Å²) in [5.74, 6) is -4.40. The summed E-state index contributed by atoms with van der Waals surface area (Å²) in [5, 5.41) is 32.6. The van der Waals surface area contributed by atoms with Crippen LogP contribution in [-0.2, 0) is 19.2 Å². The first-order valence-corrected chi connectivity index (χ1v) is 5.98. The molecule has 0 heterocycles. The van der Waals surface area contributed by atoms with E-state index in [1.54, 1.807) is 0 Å². The van der Waals surface area contributed by atoms with Gasteiger partial charge in [0, 0.05) is 6.42 Å². The van der Waals surface area contributed by atoms with Crippen LogP contribution in [0.1, 0.15) is 32.1 Å². The van der Waals surface area contributed by atoms with Crippen molar-refractivity contribution in [1.29, 1.82) is 0 Å². The first kappa shape index (κ1) is 21.1. The van der Waals surface area contributed by atoms with Gasteiger partial charge < -0.3 is 31.9 Å². The van der Waals surface area contributed by atoms with Gasteiger partial charge in [-0.1, -0.05) is 6.42 Å². The molecule has 0 aliphatic rings. The Morgan fingerprint density at radius 1 is 0.762 bits per heavy atom. The van der Waals surface area contributed by atoms with Gasteiger partial charge in [-0.05, 0) is 12.8 Å². The lowest BCUT2D eigenvalue weighted by Crippen LogP contribution is -2.32. The molecule has 10 heteroatoms. The molecule has 0 aliphatic heterocycles. The number of nitrogens with two attached hydrogens (primary N) is 2. The van der Waals surface area contributed by atoms with E-state index in [0.29, 0.717) is 19.3 Å². The summed E-state index contributed by atoms with van der Waals surface area (Å²) in [6.45, 7) is 0. The Kier molecular flexibility index (Phi) is 11.7. The van der Waals surface area contributed by atoms with E-state index in [9.17, 15) is 19.2 Å². The maximum Gasteiger partial charge on any atom is 0.321 e. The van der Waals surface area contributed by atoms with Crippen LogP contribution in [0, 0.1) is 0 Å². The van der Waals surface area contributed by atoms with E-state index in [1.807, 2.05) is 0 Å².